The van der Waals surface area contributed by atoms with Crippen molar-refractivity contribution in [1.29, 1.82) is 0 Å². The summed E-state index contributed by atoms with van der Waals surface area (Å²) < 4.78 is 0. The molecule has 3 rings (SSSR count). The van der Waals surface area contributed by atoms with Gasteiger partial charge in [0.2, 0.25) is 0 Å². The summed E-state index contributed by atoms with van der Waals surface area (Å²) in [6.45, 7) is 3.78. The predicted octanol–water partition coefficient (Wildman–Crippen LogP) is 3.82. The fourth-order valence-corrected chi connectivity index (χ4v) is 2.21. The van der Waals surface area contributed by atoms with Crippen molar-refractivity contribution in [3.8, 4) is 22.5 Å². The van der Waals surface area contributed by atoms with Gasteiger partial charge < -0.3 is 0 Å². The second kappa shape index (κ2) is 5.21. The van der Waals surface area contributed by atoms with Crippen LogP contribution in [-0.4, -0.2) is 15.0 Å². The summed E-state index contributed by atoms with van der Waals surface area (Å²) in [7, 11) is 0. The monoisotopic (exact) mass is 261 g/mol. The first kappa shape index (κ1) is 12.5. The molecule has 3 aromatic rings. The zero-order chi connectivity index (χ0) is 13.9. The Morgan fingerprint density at radius 1 is 0.600 bits per heavy atom. The molecule has 0 atom stereocenters. The summed E-state index contributed by atoms with van der Waals surface area (Å²) in [4.78, 5) is 13.1. The molecule has 2 aromatic carbocycles. The third-order valence-corrected chi connectivity index (χ3v) is 3.09. The van der Waals surface area contributed by atoms with Crippen molar-refractivity contribution >= 4 is 0 Å². The smallest absolute Gasteiger partial charge is 0.163 e. The molecule has 0 N–H and O–H groups in total. The molecule has 3 heteroatoms. The topological polar surface area (TPSA) is 38.7 Å². The highest BCUT2D eigenvalue weighted by Crippen LogP contribution is 2.24. The van der Waals surface area contributed by atoms with E-state index in [1.807, 2.05) is 44.2 Å². The van der Waals surface area contributed by atoms with Gasteiger partial charge in [0.05, 0.1) is 0 Å². The van der Waals surface area contributed by atoms with Gasteiger partial charge in [-0.2, -0.15) is 0 Å². The Kier molecular flexibility index (Phi) is 3.25. The van der Waals surface area contributed by atoms with Gasteiger partial charge in [-0.1, -0.05) is 48.5 Å². The van der Waals surface area contributed by atoms with E-state index in [0.717, 1.165) is 23.0 Å². The summed E-state index contributed by atoms with van der Waals surface area (Å²) >= 11 is 0. The quantitative estimate of drug-likeness (QED) is 0.704. The van der Waals surface area contributed by atoms with E-state index in [9.17, 15) is 0 Å². The lowest BCUT2D eigenvalue weighted by atomic mass is 10.0. The van der Waals surface area contributed by atoms with Crippen molar-refractivity contribution < 1.29 is 0 Å². The lowest BCUT2D eigenvalue weighted by Crippen LogP contribution is -1.98. The lowest BCUT2D eigenvalue weighted by molar-refractivity contribution is 0.928. The van der Waals surface area contributed by atoms with E-state index in [-0.39, 0.29) is 0 Å². The van der Waals surface area contributed by atoms with Crippen LogP contribution >= 0.6 is 0 Å². The predicted molar refractivity (Wildman–Crippen MR) is 80.2 cm³/mol. The van der Waals surface area contributed by atoms with Gasteiger partial charge in [-0.15, -0.1) is 0 Å². The van der Waals surface area contributed by atoms with Crippen molar-refractivity contribution in [1.82, 2.24) is 15.0 Å². The van der Waals surface area contributed by atoms with Crippen LogP contribution in [0.2, 0.25) is 0 Å². The summed E-state index contributed by atoms with van der Waals surface area (Å²) in [5.74, 6) is 2.23. The normalized spacial score (nSPS) is 10.5. The van der Waals surface area contributed by atoms with Crippen LogP contribution in [0.3, 0.4) is 0 Å². The summed E-state index contributed by atoms with van der Waals surface area (Å²) in [6, 6.07) is 18.6. The minimum absolute atomic E-state index is 0.729. The van der Waals surface area contributed by atoms with Gasteiger partial charge in [-0.25, -0.2) is 15.0 Å². The molecule has 0 aliphatic heterocycles. The van der Waals surface area contributed by atoms with E-state index in [1.165, 1.54) is 11.1 Å². The zero-order valence-electron chi connectivity index (χ0n) is 11.5. The van der Waals surface area contributed by atoms with Crippen LogP contribution in [0.4, 0.5) is 0 Å². The van der Waals surface area contributed by atoms with Crippen molar-refractivity contribution in [3.05, 3.63) is 66.2 Å². The molecule has 0 aliphatic carbocycles. The Morgan fingerprint density at radius 2 is 1.20 bits per heavy atom. The minimum Gasteiger partial charge on any atom is -0.219 e. The van der Waals surface area contributed by atoms with E-state index in [1.54, 1.807) is 0 Å². The molecule has 0 unspecified atom stereocenters. The van der Waals surface area contributed by atoms with Crippen molar-refractivity contribution in [3.63, 3.8) is 0 Å². The summed E-state index contributed by atoms with van der Waals surface area (Å²) in [5, 5.41) is 0. The maximum Gasteiger partial charge on any atom is 0.163 e. The molecule has 0 fully saturated rings. The van der Waals surface area contributed by atoms with Gasteiger partial charge in [-0.05, 0) is 31.0 Å². The van der Waals surface area contributed by atoms with Crippen LogP contribution < -0.4 is 0 Å². The standard InChI is InChI=1S/C17H15N3/c1-12-18-13(2)20-17(19-12)16-10-6-9-15(11-16)14-7-4-3-5-8-14/h3-11H,1-2H3. The average molecular weight is 261 g/mol. The highest BCUT2D eigenvalue weighted by atomic mass is 15.0. The van der Waals surface area contributed by atoms with Gasteiger partial charge in [0, 0.05) is 5.56 Å². The Morgan fingerprint density at radius 3 is 1.90 bits per heavy atom. The highest BCUT2D eigenvalue weighted by molar-refractivity contribution is 5.70. The fourth-order valence-electron chi connectivity index (χ4n) is 2.21. The molecule has 0 amide bonds. The van der Waals surface area contributed by atoms with Crippen LogP contribution in [-0.2, 0) is 0 Å². The molecule has 0 saturated carbocycles. The van der Waals surface area contributed by atoms with E-state index in [0.29, 0.717) is 0 Å². The molecular weight excluding hydrogens is 246 g/mol. The first-order valence-corrected chi connectivity index (χ1v) is 6.57. The molecule has 1 heterocycles. The summed E-state index contributed by atoms with van der Waals surface area (Å²) in [5.41, 5.74) is 3.37. The van der Waals surface area contributed by atoms with Gasteiger partial charge in [-0.3, -0.25) is 0 Å². The molecule has 1 aromatic heterocycles. The second-order valence-electron chi connectivity index (χ2n) is 4.70. The van der Waals surface area contributed by atoms with Crippen LogP contribution in [0.25, 0.3) is 22.5 Å². The zero-order valence-corrected chi connectivity index (χ0v) is 11.5. The largest absolute Gasteiger partial charge is 0.219 e. The third kappa shape index (κ3) is 2.57. The molecule has 3 nitrogen and oxygen atoms in total. The Hall–Kier alpha value is -2.55. The number of benzene rings is 2. The van der Waals surface area contributed by atoms with Gasteiger partial charge in [0.25, 0.3) is 0 Å². The Bertz CT molecular complexity index is 716. The molecule has 0 spiro atoms. The van der Waals surface area contributed by atoms with Crippen LogP contribution in [0, 0.1) is 13.8 Å². The second-order valence-corrected chi connectivity index (χ2v) is 4.70. The number of hydrogen-bond acceptors (Lipinski definition) is 3. The van der Waals surface area contributed by atoms with Crippen LogP contribution in [0.5, 0.6) is 0 Å². The Balaban J connectivity index is 2.07. The summed E-state index contributed by atoms with van der Waals surface area (Å²) in [6.07, 6.45) is 0. The molecule has 0 saturated heterocycles. The maximum atomic E-state index is 4.42. The molecule has 0 aliphatic rings. The SMILES string of the molecule is Cc1nc(C)nc(-c2cccc(-c3ccccc3)c2)n1. The van der Waals surface area contributed by atoms with E-state index >= 15 is 0 Å². The number of hydrogen-bond donors (Lipinski definition) is 0. The van der Waals surface area contributed by atoms with E-state index in [2.05, 4.69) is 39.2 Å². The van der Waals surface area contributed by atoms with Gasteiger partial charge in [0.15, 0.2) is 5.82 Å². The van der Waals surface area contributed by atoms with E-state index in [4.69, 9.17) is 0 Å². The van der Waals surface area contributed by atoms with Gasteiger partial charge in [0.1, 0.15) is 11.6 Å². The number of nitrogens with zero attached hydrogens (tertiary/aromatic N) is 3. The first-order valence-electron chi connectivity index (χ1n) is 6.57. The third-order valence-electron chi connectivity index (χ3n) is 3.09. The number of aryl methyl sites for hydroxylation is 2. The van der Waals surface area contributed by atoms with Crippen LogP contribution in [0.15, 0.2) is 54.6 Å². The highest BCUT2D eigenvalue weighted by Gasteiger charge is 2.05. The first-order chi connectivity index (χ1) is 9.72. The molecule has 0 bridgehead atoms. The molecule has 98 valence electrons. The van der Waals surface area contributed by atoms with Crippen molar-refractivity contribution in [2.75, 3.05) is 0 Å². The van der Waals surface area contributed by atoms with E-state index < -0.39 is 0 Å². The lowest BCUT2D eigenvalue weighted by Gasteiger charge is -2.06. The van der Waals surface area contributed by atoms with Crippen molar-refractivity contribution in [2.24, 2.45) is 0 Å². The molecule has 20 heavy (non-hydrogen) atoms. The van der Waals surface area contributed by atoms with Crippen molar-refractivity contribution in [2.45, 2.75) is 13.8 Å². The number of rotatable bonds is 2. The number of aromatic nitrogens is 3. The maximum absolute atomic E-state index is 4.42. The molecular formula is C17H15N3. The minimum atomic E-state index is 0.729. The van der Waals surface area contributed by atoms with Gasteiger partial charge >= 0.3 is 0 Å². The average Bonchev–Trinajstić information content (AvgIpc) is 2.47. The Labute approximate surface area is 118 Å². The van der Waals surface area contributed by atoms with Crippen LogP contribution in [0.1, 0.15) is 11.6 Å². The molecule has 0 radical (unpaired) electrons. The fraction of sp³-hybridized carbons (Fsp3) is 0.118.